The highest BCUT2D eigenvalue weighted by atomic mass is 16.3. The van der Waals surface area contributed by atoms with Crippen molar-refractivity contribution in [1.29, 1.82) is 0 Å². The number of nitrogens with one attached hydrogen (secondary N) is 1. The number of urea groups is 1. The highest BCUT2D eigenvalue weighted by Crippen LogP contribution is 2.45. The van der Waals surface area contributed by atoms with Crippen molar-refractivity contribution in [2.45, 2.75) is 25.3 Å². The minimum absolute atomic E-state index is 0.0281. The average molecular weight is 303 g/mol. The minimum Gasteiger partial charge on any atom is -0.396 e. The Balaban J connectivity index is 1.48. The number of carbonyl (C=O) groups excluding carboxylic acids is 1. The third-order valence-corrected chi connectivity index (χ3v) is 4.85. The molecule has 5 nitrogen and oxygen atoms in total. The fourth-order valence-electron chi connectivity index (χ4n) is 3.15. The fourth-order valence-corrected chi connectivity index (χ4v) is 3.15. The standard InChI is InChI=1S/C17H25N3O2/c1-19(12-17(13-21)8-9-17)16(22)18-14-7-10-20(11-14)15-5-3-2-4-6-15/h2-6,14,21H,7-13H2,1H3,(H,18,22). The number of rotatable bonds is 5. The zero-order valence-electron chi connectivity index (χ0n) is 13.2. The molecule has 3 rings (SSSR count). The first-order chi connectivity index (χ1) is 10.6. The van der Waals surface area contributed by atoms with Gasteiger partial charge in [-0.2, -0.15) is 0 Å². The van der Waals surface area contributed by atoms with Crippen LogP contribution in [0.1, 0.15) is 19.3 Å². The molecule has 1 unspecified atom stereocenters. The van der Waals surface area contributed by atoms with Gasteiger partial charge in [0, 0.05) is 43.8 Å². The summed E-state index contributed by atoms with van der Waals surface area (Å²) >= 11 is 0. The van der Waals surface area contributed by atoms with Crippen LogP contribution in [0.5, 0.6) is 0 Å². The van der Waals surface area contributed by atoms with E-state index in [9.17, 15) is 9.90 Å². The third kappa shape index (κ3) is 3.35. The van der Waals surface area contributed by atoms with Crippen molar-refractivity contribution in [3.63, 3.8) is 0 Å². The number of para-hydroxylation sites is 1. The molecule has 1 atom stereocenters. The molecule has 1 heterocycles. The quantitative estimate of drug-likeness (QED) is 0.870. The van der Waals surface area contributed by atoms with E-state index in [1.807, 2.05) is 25.2 Å². The van der Waals surface area contributed by atoms with E-state index in [2.05, 4.69) is 22.3 Å². The summed E-state index contributed by atoms with van der Waals surface area (Å²) in [7, 11) is 1.81. The highest BCUT2D eigenvalue weighted by molar-refractivity contribution is 5.74. The van der Waals surface area contributed by atoms with E-state index < -0.39 is 0 Å². The summed E-state index contributed by atoms with van der Waals surface area (Å²) in [5.41, 5.74) is 1.18. The molecule has 5 heteroatoms. The molecule has 1 aliphatic carbocycles. The Labute approximate surface area is 131 Å². The molecule has 1 aromatic carbocycles. The van der Waals surface area contributed by atoms with E-state index >= 15 is 0 Å². The van der Waals surface area contributed by atoms with Gasteiger partial charge >= 0.3 is 6.03 Å². The SMILES string of the molecule is CN(CC1(CO)CC1)C(=O)NC1CCN(c2ccccc2)C1. The molecular weight excluding hydrogens is 278 g/mol. The molecule has 0 aromatic heterocycles. The first-order valence-corrected chi connectivity index (χ1v) is 8.04. The molecule has 1 aliphatic heterocycles. The monoisotopic (exact) mass is 303 g/mol. The van der Waals surface area contributed by atoms with Gasteiger partial charge in [-0.1, -0.05) is 18.2 Å². The molecule has 1 saturated heterocycles. The molecule has 2 aliphatic rings. The lowest BCUT2D eigenvalue weighted by atomic mass is 10.1. The molecule has 2 amide bonds. The van der Waals surface area contributed by atoms with E-state index in [-0.39, 0.29) is 24.1 Å². The maximum absolute atomic E-state index is 12.3. The Bertz CT molecular complexity index is 516. The predicted octanol–water partition coefficient (Wildman–Crippen LogP) is 1.68. The summed E-state index contributed by atoms with van der Waals surface area (Å²) < 4.78 is 0. The van der Waals surface area contributed by atoms with Crippen molar-refractivity contribution in [3.8, 4) is 0 Å². The van der Waals surface area contributed by atoms with Gasteiger partial charge in [0.05, 0.1) is 6.61 Å². The molecular formula is C17H25N3O2. The van der Waals surface area contributed by atoms with Gasteiger partial charge in [0.1, 0.15) is 0 Å². The molecule has 2 N–H and O–H groups in total. The highest BCUT2D eigenvalue weighted by Gasteiger charge is 2.43. The Morgan fingerprint density at radius 1 is 1.41 bits per heavy atom. The van der Waals surface area contributed by atoms with Gasteiger partial charge in [-0.3, -0.25) is 0 Å². The maximum atomic E-state index is 12.3. The van der Waals surface area contributed by atoms with Gasteiger partial charge in [-0.05, 0) is 31.4 Å². The topological polar surface area (TPSA) is 55.8 Å². The number of anilines is 1. The van der Waals surface area contributed by atoms with Crippen LogP contribution in [0.4, 0.5) is 10.5 Å². The summed E-state index contributed by atoms with van der Waals surface area (Å²) in [4.78, 5) is 16.3. The van der Waals surface area contributed by atoms with Gasteiger partial charge in [0.2, 0.25) is 0 Å². The van der Waals surface area contributed by atoms with Crippen LogP contribution in [0, 0.1) is 5.41 Å². The van der Waals surface area contributed by atoms with E-state index in [1.165, 1.54) is 5.69 Å². The number of hydrogen-bond donors (Lipinski definition) is 2. The summed E-state index contributed by atoms with van der Waals surface area (Å²) in [6, 6.07) is 10.5. The molecule has 1 saturated carbocycles. The van der Waals surface area contributed by atoms with E-state index in [4.69, 9.17) is 0 Å². The lowest BCUT2D eigenvalue weighted by Crippen LogP contribution is -2.46. The van der Waals surface area contributed by atoms with Crippen LogP contribution in [0.2, 0.25) is 0 Å². The number of aliphatic hydroxyl groups is 1. The number of amides is 2. The van der Waals surface area contributed by atoms with Crippen LogP contribution in [0.3, 0.4) is 0 Å². The molecule has 120 valence electrons. The lowest BCUT2D eigenvalue weighted by Gasteiger charge is -2.25. The summed E-state index contributed by atoms with van der Waals surface area (Å²) in [5.74, 6) is 0. The van der Waals surface area contributed by atoms with Gasteiger partial charge in [-0.25, -0.2) is 4.79 Å². The van der Waals surface area contributed by atoms with Crippen molar-refractivity contribution in [2.24, 2.45) is 5.41 Å². The van der Waals surface area contributed by atoms with Crippen LogP contribution < -0.4 is 10.2 Å². The van der Waals surface area contributed by atoms with Crippen molar-refractivity contribution in [1.82, 2.24) is 10.2 Å². The maximum Gasteiger partial charge on any atom is 0.317 e. The Hall–Kier alpha value is -1.75. The van der Waals surface area contributed by atoms with Gasteiger partial charge in [-0.15, -0.1) is 0 Å². The van der Waals surface area contributed by atoms with E-state index in [0.717, 1.165) is 32.4 Å². The van der Waals surface area contributed by atoms with Crippen molar-refractivity contribution in [3.05, 3.63) is 30.3 Å². The fraction of sp³-hybridized carbons (Fsp3) is 0.588. The molecule has 22 heavy (non-hydrogen) atoms. The molecule has 0 radical (unpaired) electrons. The van der Waals surface area contributed by atoms with E-state index in [0.29, 0.717) is 6.54 Å². The summed E-state index contributed by atoms with van der Waals surface area (Å²) in [6.45, 7) is 2.65. The van der Waals surface area contributed by atoms with Crippen LogP contribution in [-0.2, 0) is 0 Å². The van der Waals surface area contributed by atoms with Crippen molar-refractivity contribution < 1.29 is 9.90 Å². The van der Waals surface area contributed by atoms with Crippen LogP contribution in [-0.4, -0.2) is 55.4 Å². The van der Waals surface area contributed by atoms with Crippen LogP contribution >= 0.6 is 0 Å². The van der Waals surface area contributed by atoms with Gasteiger partial charge < -0.3 is 20.2 Å². The molecule has 0 bridgehead atoms. The van der Waals surface area contributed by atoms with Crippen LogP contribution in [0.15, 0.2) is 30.3 Å². The normalized spacial score (nSPS) is 22.5. The lowest BCUT2D eigenvalue weighted by molar-refractivity contribution is 0.160. The van der Waals surface area contributed by atoms with Gasteiger partial charge in [0.15, 0.2) is 0 Å². The summed E-state index contributed by atoms with van der Waals surface area (Å²) in [6.07, 6.45) is 3.01. The van der Waals surface area contributed by atoms with Crippen LogP contribution in [0.25, 0.3) is 0 Å². The Morgan fingerprint density at radius 2 is 2.14 bits per heavy atom. The number of carbonyl (C=O) groups is 1. The minimum atomic E-state index is -0.0299. The number of benzene rings is 1. The smallest absolute Gasteiger partial charge is 0.317 e. The Morgan fingerprint density at radius 3 is 2.77 bits per heavy atom. The first kappa shape index (κ1) is 15.2. The summed E-state index contributed by atoms with van der Waals surface area (Å²) in [5, 5.41) is 12.5. The largest absolute Gasteiger partial charge is 0.396 e. The zero-order chi connectivity index (χ0) is 15.6. The average Bonchev–Trinajstić information content (AvgIpc) is 3.16. The second kappa shape index (κ2) is 6.16. The van der Waals surface area contributed by atoms with Gasteiger partial charge in [0.25, 0.3) is 0 Å². The second-order valence-corrected chi connectivity index (χ2v) is 6.73. The molecule has 2 fully saturated rings. The predicted molar refractivity (Wildman–Crippen MR) is 87.0 cm³/mol. The molecule has 1 aromatic rings. The molecule has 0 spiro atoms. The van der Waals surface area contributed by atoms with E-state index in [1.54, 1.807) is 4.90 Å². The second-order valence-electron chi connectivity index (χ2n) is 6.73. The van der Waals surface area contributed by atoms with Crippen molar-refractivity contribution in [2.75, 3.05) is 38.2 Å². The number of aliphatic hydroxyl groups excluding tert-OH is 1. The van der Waals surface area contributed by atoms with Crippen molar-refractivity contribution >= 4 is 11.7 Å². The zero-order valence-corrected chi connectivity index (χ0v) is 13.2. The first-order valence-electron chi connectivity index (χ1n) is 8.04. The Kier molecular flexibility index (Phi) is 4.25. The number of hydrogen-bond acceptors (Lipinski definition) is 3. The number of nitrogens with zero attached hydrogens (tertiary/aromatic N) is 2. The third-order valence-electron chi connectivity index (χ3n) is 4.85.